The molecule has 3 aromatic rings. The number of benzene rings is 2. The third kappa shape index (κ3) is 9.16. The molecule has 6 rings (SSSR count). The van der Waals surface area contributed by atoms with Crippen molar-refractivity contribution in [2.75, 3.05) is 31.7 Å². The molecule has 1 unspecified atom stereocenters. The summed E-state index contributed by atoms with van der Waals surface area (Å²) in [5.74, 6) is 0.751. The van der Waals surface area contributed by atoms with Crippen LogP contribution in [0.25, 0.3) is 0 Å². The number of rotatable bonds is 14. The Balaban J connectivity index is 1.19. The van der Waals surface area contributed by atoms with Crippen LogP contribution in [0.1, 0.15) is 68.5 Å². The maximum atomic E-state index is 14.2. The Hall–Kier alpha value is -4.48. The summed E-state index contributed by atoms with van der Waals surface area (Å²) < 4.78 is 17.8. The van der Waals surface area contributed by atoms with Crippen molar-refractivity contribution in [3.63, 3.8) is 0 Å². The zero-order valence-corrected chi connectivity index (χ0v) is 27.9. The second-order valence-electron chi connectivity index (χ2n) is 13.2. The Morgan fingerprint density at radius 2 is 1.71 bits per heavy atom. The van der Waals surface area contributed by atoms with E-state index in [0.717, 1.165) is 29.7 Å². The van der Waals surface area contributed by atoms with E-state index in [-0.39, 0.29) is 35.7 Å². The summed E-state index contributed by atoms with van der Waals surface area (Å²) in [6.07, 6.45) is 6.93. The summed E-state index contributed by atoms with van der Waals surface area (Å²) in [4.78, 5) is 37.3. The minimum atomic E-state index is -0.753. The highest BCUT2D eigenvalue weighted by Gasteiger charge is 2.37. The van der Waals surface area contributed by atoms with Gasteiger partial charge in [0.1, 0.15) is 5.75 Å². The van der Waals surface area contributed by atoms with Crippen molar-refractivity contribution in [3.8, 4) is 11.6 Å². The molecule has 1 aliphatic carbocycles. The number of amides is 1. The maximum absolute atomic E-state index is 14.2. The number of hydrogen-bond donors (Lipinski definition) is 3. The number of aliphatic imine (C=N–C) groups is 1. The van der Waals surface area contributed by atoms with Crippen molar-refractivity contribution < 1.29 is 28.9 Å². The Morgan fingerprint density at radius 3 is 2.43 bits per heavy atom. The Labute approximate surface area is 287 Å². The first-order valence-corrected chi connectivity index (χ1v) is 17.5. The molecule has 11 nitrogen and oxygen atoms in total. The Bertz CT molecular complexity index is 1560. The number of nitrogens with zero attached hydrogens (tertiary/aromatic N) is 3. The maximum Gasteiger partial charge on any atom is 0.306 e. The molecule has 11 heteroatoms. The zero-order valence-electron chi connectivity index (χ0n) is 27.9. The molecule has 0 bridgehead atoms. The molecule has 1 saturated heterocycles. The van der Waals surface area contributed by atoms with Gasteiger partial charge in [0.15, 0.2) is 5.96 Å². The number of guanidine groups is 1. The largest absolute Gasteiger partial charge is 0.481 e. The zero-order chi connectivity index (χ0) is 34.0. The number of anilines is 1. The minimum absolute atomic E-state index is 0.0120. The molecule has 2 aliphatic heterocycles. The number of fused-ring (bicyclic) bond motifs is 1. The molecule has 3 aliphatic rings. The lowest BCUT2D eigenvalue weighted by molar-refractivity contribution is -0.143. The number of carbonyl (C=O) groups excluding carboxylic acids is 1. The number of para-hydroxylation sites is 1. The van der Waals surface area contributed by atoms with Gasteiger partial charge in [-0.25, -0.2) is 9.98 Å². The molecule has 1 saturated carbocycles. The van der Waals surface area contributed by atoms with Gasteiger partial charge in [0.05, 0.1) is 37.1 Å². The van der Waals surface area contributed by atoms with E-state index >= 15 is 0 Å². The number of carboxylic acid groups (broad SMARTS) is 1. The van der Waals surface area contributed by atoms with E-state index in [9.17, 15) is 14.7 Å². The fourth-order valence-electron chi connectivity index (χ4n) is 7.48. The summed E-state index contributed by atoms with van der Waals surface area (Å²) in [6.45, 7) is 2.68. The van der Waals surface area contributed by atoms with E-state index in [1.165, 1.54) is 0 Å². The van der Waals surface area contributed by atoms with Gasteiger partial charge in [-0.2, -0.15) is 0 Å². The number of carbonyl (C=O) groups is 2. The number of ether oxygens (including phenoxy) is 3. The van der Waals surface area contributed by atoms with Crippen LogP contribution in [-0.4, -0.2) is 65.2 Å². The molecule has 3 heterocycles. The number of nitrogens with two attached hydrogens (primary N) is 1. The fraction of sp³-hybridized carbons (Fsp3) is 0.474. The van der Waals surface area contributed by atoms with Gasteiger partial charge < -0.3 is 35.3 Å². The lowest BCUT2D eigenvalue weighted by atomic mass is 9.75. The molecular weight excluding hydrogens is 622 g/mol. The van der Waals surface area contributed by atoms with E-state index in [2.05, 4.69) is 10.3 Å². The second-order valence-corrected chi connectivity index (χ2v) is 13.2. The van der Waals surface area contributed by atoms with Crippen molar-refractivity contribution in [1.29, 1.82) is 0 Å². The van der Waals surface area contributed by atoms with E-state index < -0.39 is 5.97 Å². The number of nitrogens with one attached hydrogen (secondary N) is 1. The number of aromatic nitrogens is 1. The van der Waals surface area contributed by atoms with Crippen molar-refractivity contribution in [3.05, 3.63) is 84.1 Å². The first-order valence-electron chi connectivity index (χ1n) is 17.5. The number of carboxylic acids is 1. The second kappa shape index (κ2) is 16.8. The van der Waals surface area contributed by atoms with E-state index in [1.807, 2.05) is 71.6 Å². The van der Waals surface area contributed by atoms with E-state index in [0.29, 0.717) is 89.1 Å². The Kier molecular flexibility index (Phi) is 11.8. The SMILES string of the molecule is NC1=NC([C@@H](CCC(=O)N(CCOCc2ccccc2)C2CCC(C(=O)O)CC2)C2CCOCC2)c2cc(Oc3ccccc3)ncc2N1. The molecule has 4 N–H and O–H groups in total. The highest BCUT2D eigenvalue weighted by molar-refractivity contribution is 5.95. The average Bonchev–Trinajstić information content (AvgIpc) is 3.13. The first-order chi connectivity index (χ1) is 23.9. The lowest BCUT2D eigenvalue weighted by Crippen LogP contribution is -2.45. The molecular formula is C38H47N5O6. The highest BCUT2D eigenvalue weighted by Crippen LogP contribution is 2.44. The summed E-state index contributed by atoms with van der Waals surface area (Å²) in [5, 5.41) is 12.8. The lowest BCUT2D eigenvalue weighted by Gasteiger charge is -2.38. The molecule has 0 spiro atoms. The van der Waals surface area contributed by atoms with Gasteiger partial charge in [-0.1, -0.05) is 48.5 Å². The van der Waals surface area contributed by atoms with Crippen LogP contribution in [0, 0.1) is 17.8 Å². The summed E-state index contributed by atoms with van der Waals surface area (Å²) >= 11 is 0. The van der Waals surface area contributed by atoms with Gasteiger partial charge in [0.25, 0.3) is 0 Å². The highest BCUT2D eigenvalue weighted by atomic mass is 16.5. The van der Waals surface area contributed by atoms with Crippen LogP contribution < -0.4 is 15.8 Å². The summed E-state index contributed by atoms with van der Waals surface area (Å²) in [6, 6.07) is 21.1. The van der Waals surface area contributed by atoms with Gasteiger partial charge in [0.2, 0.25) is 11.8 Å². The van der Waals surface area contributed by atoms with Gasteiger partial charge in [-0.05, 0) is 74.5 Å². The molecule has 1 amide bonds. The van der Waals surface area contributed by atoms with Crippen molar-refractivity contribution in [1.82, 2.24) is 9.88 Å². The monoisotopic (exact) mass is 669 g/mol. The smallest absolute Gasteiger partial charge is 0.306 e. The van der Waals surface area contributed by atoms with Gasteiger partial charge >= 0.3 is 5.97 Å². The van der Waals surface area contributed by atoms with E-state index in [1.54, 1.807) is 6.20 Å². The molecule has 260 valence electrons. The van der Waals surface area contributed by atoms with Gasteiger partial charge in [0, 0.05) is 43.9 Å². The van der Waals surface area contributed by atoms with E-state index in [4.69, 9.17) is 24.9 Å². The molecule has 2 fully saturated rings. The van der Waals surface area contributed by atoms with Crippen LogP contribution in [0.5, 0.6) is 11.6 Å². The first kappa shape index (κ1) is 34.4. The molecule has 1 aromatic heterocycles. The fourth-order valence-corrected chi connectivity index (χ4v) is 7.48. The van der Waals surface area contributed by atoms with Crippen LogP contribution in [0.3, 0.4) is 0 Å². The Morgan fingerprint density at radius 1 is 1.00 bits per heavy atom. The summed E-state index contributed by atoms with van der Waals surface area (Å²) in [7, 11) is 0. The standard InChI is InChI=1S/C38H47N5O6/c39-38-41-33-24-40-34(49-30-9-5-2-6-10-30)23-32(33)36(42-38)31(27-17-20-47-21-18-27)15-16-35(44)43(29-13-11-28(12-14-29)37(45)46)19-22-48-25-26-7-3-1-4-8-26/h1-10,23-24,27-29,31,36H,11-22,25H2,(H,45,46)(H3,39,41,42)/t28?,29?,31-,36?/m0/s1. The number of pyridine rings is 1. The van der Waals surface area contributed by atoms with Crippen LogP contribution in [0.15, 0.2) is 77.9 Å². The topological polar surface area (TPSA) is 149 Å². The third-order valence-electron chi connectivity index (χ3n) is 10.1. The van der Waals surface area contributed by atoms with Crippen LogP contribution in [0.4, 0.5) is 5.69 Å². The van der Waals surface area contributed by atoms with Gasteiger partial charge in [-0.3, -0.25) is 9.59 Å². The molecule has 0 radical (unpaired) electrons. The third-order valence-corrected chi connectivity index (χ3v) is 10.1. The molecule has 2 atom stereocenters. The number of aliphatic carboxylic acids is 1. The van der Waals surface area contributed by atoms with Crippen LogP contribution in [-0.2, 0) is 25.7 Å². The quantitative estimate of drug-likeness (QED) is 0.172. The number of hydrogen-bond acceptors (Lipinski definition) is 9. The van der Waals surface area contributed by atoms with Crippen molar-refractivity contribution in [2.24, 2.45) is 28.5 Å². The predicted octanol–water partition coefficient (Wildman–Crippen LogP) is 6.17. The van der Waals surface area contributed by atoms with Crippen molar-refractivity contribution >= 4 is 23.5 Å². The molecule has 49 heavy (non-hydrogen) atoms. The predicted molar refractivity (Wildman–Crippen MR) is 186 cm³/mol. The molecule has 2 aromatic carbocycles. The van der Waals surface area contributed by atoms with Crippen LogP contribution >= 0.6 is 0 Å². The van der Waals surface area contributed by atoms with Crippen molar-refractivity contribution in [2.45, 2.75) is 70.1 Å². The summed E-state index contributed by atoms with van der Waals surface area (Å²) in [5.41, 5.74) is 9.15. The normalized spacial score (nSPS) is 21.5. The minimum Gasteiger partial charge on any atom is -0.481 e. The van der Waals surface area contributed by atoms with Gasteiger partial charge in [-0.15, -0.1) is 0 Å². The van der Waals surface area contributed by atoms with Crippen LogP contribution in [0.2, 0.25) is 0 Å². The average molecular weight is 670 g/mol.